The first kappa shape index (κ1) is 8.02. The molecule has 2 heteroatoms. The van der Waals surface area contributed by atoms with Crippen LogP contribution in [-0.4, -0.2) is 31.1 Å². The van der Waals surface area contributed by atoms with Crippen LogP contribution in [0.25, 0.3) is 0 Å². The van der Waals surface area contributed by atoms with Gasteiger partial charge in [-0.1, -0.05) is 12.8 Å². The first-order valence-electron chi connectivity index (χ1n) is 4.25. The molecular weight excluding hydrogens is 124 g/mol. The van der Waals surface area contributed by atoms with Gasteiger partial charge in [-0.2, -0.15) is 0 Å². The Labute approximate surface area is 63.4 Å². The Kier molecular flexibility index (Phi) is 3.16. The van der Waals surface area contributed by atoms with Gasteiger partial charge in [-0.15, -0.1) is 0 Å². The summed E-state index contributed by atoms with van der Waals surface area (Å²) in [6, 6.07) is 0.837. The second kappa shape index (κ2) is 3.94. The second-order valence-electron chi connectivity index (χ2n) is 3.21. The fourth-order valence-electron chi connectivity index (χ4n) is 1.73. The molecule has 0 amide bonds. The van der Waals surface area contributed by atoms with Crippen LogP contribution in [0.5, 0.6) is 0 Å². The summed E-state index contributed by atoms with van der Waals surface area (Å²) in [5, 5.41) is 0. The highest BCUT2D eigenvalue weighted by Crippen LogP contribution is 2.21. The smallest absolute Gasteiger partial charge is 0.0104 e. The molecule has 0 unspecified atom stereocenters. The lowest BCUT2D eigenvalue weighted by molar-refractivity contribution is 0.252. The van der Waals surface area contributed by atoms with Crippen LogP contribution in [0, 0.1) is 0 Å². The van der Waals surface area contributed by atoms with Crippen LogP contribution in [-0.2, 0) is 0 Å². The molecule has 0 saturated heterocycles. The molecule has 1 aliphatic rings. The van der Waals surface area contributed by atoms with Gasteiger partial charge in [-0.05, 0) is 19.9 Å². The van der Waals surface area contributed by atoms with Crippen LogP contribution >= 0.6 is 0 Å². The quantitative estimate of drug-likeness (QED) is 0.632. The van der Waals surface area contributed by atoms with E-state index in [1.165, 1.54) is 25.7 Å². The van der Waals surface area contributed by atoms with Gasteiger partial charge < -0.3 is 10.6 Å². The third-order valence-corrected chi connectivity index (χ3v) is 2.43. The Morgan fingerprint density at radius 2 is 2.00 bits per heavy atom. The summed E-state index contributed by atoms with van der Waals surface area (Å²) in [6.45, 7) is 1.86. The van der Waals surface area contributed by atoms with Crippen molar-refractivity contribution in [2.75, 3.05) is 20.1 Å². The number of hydrogen-bond donors (Lipinski definition) is 1. The van der Waals surface area contributed by atoms with E-state index in [1.807, 2.05) is 0 Å². The molecule has 1 saturated carbocycles. The predicted molar refractivity (Wildman–Crippen MR) is 43.9 cm³/mol. The largest absolute Gasteiger partial charge is 0.329 e. The average molecular weight is 142 g/mol. The van der Waals surface area contributed by atoms with Gasteiger partial charge in [0.15, 0.2) is 0 Å². The van der Waals surface area contributed by atoms with Gasteiger partial charge in [-0.25, -0.2) is 0 Å². The topological polar surface area (TPSA) is 29.3 Å². The van der Waals surface area contributed by atoms with Crippen molar-refractivity contribution in [1.82, 2.24) is 4.90 Å². The van der Waals surface area contributed by atoms with Crippen LogP contribution in [0.1, 0.15) is 25.7 Å². The Morgan fingerprint density at radius 3 is 2.50 bits per heavy atom. The minimum absolute atomic E-state index is 0.799. The summed E-state index contributed by atoms with van der Waals surface area (Å²) in [6.07, 6.45) is 5.60. The Morgan fingerprint density at radius 1 is 1.40 bits per heavy atom. The molecule has 0 aliphatic heterocycles. The van der Waals surface area contributed by atoms with Gasteiger partial charge in [0.25, 0.3) is 0 Å². The third-order valence-electron chi connectivity index (χ3n) is 2.43. The molecule has 2 N–H and O–H groups in total. The van der Waals surface area contributed by atoms with E-state index in [0.717, 1.165) is 19.1 Å². The van der Waals surface area contributed by atoms with Crippen molar-refractivity contribution in [2.24, 2.45) is 5.73 Å². The van der Waals surface area contributed by atoms with Crippen molar-refractivity contribution >= 4 is 0 Å². The number of nitrogens with zero attached hydrogens (tertiary/aromatic N) is 1. The van der Waals surface area contributed by atoms with Crippen molar-refractivity contribution < 1.29 is 0 Å². The number of nitrogens with two attached hydrogens (primary N) is 1. The standard InChI is InChI=1S/C8H18N2/c1-10(7-6-9)8-4-2-3-5-8/h8H,2-7,9H2,1H3. The molecule has 2 nitrogen and oxygen atoms in total. The van der Waals surface area contributed by atoms with Crippen molar-refractivity contribution in [2.45, 2.75) is 31.7 Å². The van der Waals surface area contributed by atoms with Gasteiger partial charge in [0.05, 0.1) is 0 Å². The van der Waals surface area contributed by atoms with E-state index in [2.05, 4.69) is 11.9 Å². The lowest BCUT2D eigenvalue weighted by atomic mass is 10.2. The normalized spacial score (nSPS) is 20.7. The first-order chi connectivity index (χ1) is 4.84. The Balaban J connectivity index is 2.18. The molecule has 0 atom stereocenters. The van der Waals surface area contributed by atoms with E-state index in [9.17, 15) is 0 Å². The van der Waals surface area contributed by atoms with Crippen LogP contribution < -0.4 is 5.73 Å². The van der Waals surface area contributed by atoms with E-state index < -0.39 is 0 Å². The number of likely N-dealkylation sites (N-methyl/N-ethyl adjacent to an activating group) is 1. The average Bonchev–Trinajstić information content (AvgIpc) is 2.38. The molecule has 1 rings (SSSR count). The van der Waals surface area contributed by atoms with Gasteiger partial charge in [0.1, 0.15) is 0 Å². The summed E-state index contributed by atoms with van der Waals surface area (Å²) in [5.74, 6) is 0. The van der Waals surface area contributed by atoms with E-state index in [1.54, 1.807) is 0 Å². The van der Waals surface area contributed by atoms with Gasteiger partial charge in [0, 0.05) is 19.1 Å². The van der Waals surface area contributed by atoms with Crippen LogP contribution in [0.15, 0.2) is 0 Å². The Hall–Kier alpha value is -0.0800. The molecule has 60 valence electrons. The molecular formula is C8H18N2. The van der Waals surface area contributed by atoms with E-state index >= 15 is 0 Å². The van der Waals surface area contributed by atoms with E-state index in [-0.39, 0.29) is 0 Å². The molecule has 0 aromatic heterocycles. The molecule has 0 radical (unpaired) electrons. The lowest BCUT2D eigenvalue weighted by Gasteiger charge is -2.22. The molecule has 0 aromatic rings. The first-order valence-corrected chi connectivity index (χ1v) is 4.25. The summed E-state index contributed by atoms with van der Waals surface area (Å²) in [4.78, 5) is 2.40. The molecule has 0 spiro atoms. The molecule has 10 heavy (non-hydrogen) atoms. The van der Waals surface area contributed by atoms with Crippen LogP contribution in [0.4, 0.5) is 0 Å². The van der Waals surface area contributed by atoms with Gasteiger partial charge >= 0.3 is 0 Å². The molecule has 1 aliphatic carbocycles. The van der Waals surface area contributed by atoms with Crippen molar-refractivity contribution in [3.8, 4) is 0 Å². The predicted octanol–water partition coefficient (Wildman–Crippen LogP) is 0.819. The fraction of sp³-hybridized carbons (Fsp3) is 1.00. The van der Waals surface area contributed by atoms with Crippen molar-refractivity contribution in [3.05, 3.63) is 0 Å². The SMILES string of the molecule is CN(CCN)C1CCCC1. The molecule has 1 fully saturated rings. The number of rotatable bonds is 3. The highest BCUT2D eigenvalue weighted by Gasteiger charge is 2.18. The highest BCUT2D eigenvalue weighted by atomic mass is 15.1. The molecule has 0 aromatic carbocycles. The number of hydrogen-bond acceptors (Lipinski definition) is 2. The Bertz CT molecular complexity index is 87.3. The van der Waals surface area contributed by atoms with Crippen LogP contribution in [0.3, 0.4) is 0 Å². The minimum atomic E-state index is 0.799. The van der Waals surface area contributed by atoms with E-state index in [0.29, 0.717) is 0 Å². The minimum Gasteiger partial charge on any atom is -0.329 e. The van der Waals surface area contributed by atoms with Crippen molar-refractivity contribution in [1.29, 1.82) is 0 Å². The monoisotopic (exact) mass is 142 g/mol. The zero-order valence-electron chi connectivity index (χ0n) is 6.84. The maximum atomic E-state index is 5.46. The second-order valence-corrected chi connectivity index (χ2v) is 3.21. The molecule has 0 bridgehead atoms. The molecule has 0 heterocycles. The van der Waals surface area contributed by atoms with Gasteiger partial charge in [0.2, 0.25) is 0 Å². The highest BCUT2D eigenvalue weighted by molar-refractivity contribution is 4.74. The van der Waals surface area contributed by atoms with Crippen LogP contribution in [0.2, 0.25) is 0 Å². The lowest BCUT2D eigenvalue weighted by Crippen LogP contribution is -2.33. The summed E-state index contributed by atoms with van der Waals surface area (Å²) < 4.78 is 0. The third kappa shape index (κ3) is 1.96. The maximum absolute atomic E-state index is 5.46. The summed E-state index contributed by atoms with van der Waals surface area (Å²) >= 11 is 0. The zero-order valence-corrected chi connectivity index (χ0v) is 6.84. The summed E-state index contributed by atoms with van der Waals surface area (Å²) in [5.41, 5.74) is 5.46. The van der Waals surface area contributed by atoms with Crippen molar-refractivity contribution in [3.63, 3.8) is 0 Å². The van der Waals surface area contributed by atoms with Gasteiger partial charge in [-0.3, -0.25) is 0 Å². The van der Waals surface area contributed by atoms with E-state index in [4.69, 9.17) is 5.73 Å². The fourth-order valence-corrected chi connectivity index (χ4v) is 1.73. The maximum Gasteiger partial charge on any atom is 0.0104 e. The zero-order chi connectivity index (χ0) is 7.40. The summed E-state index contributed by atoms with van der Waals surface area (Å²) in [7, 11) is 2.18.